The van der Waals surface area contributed by atoms with Crippen LogP contribution in [0.15, 0.2) is 11.6 Å². The molecular weight excluding hydrogens is 234 g/mol. The summed E-state index contributed by atoms with van der Waals surface area (Å²) in [6, 6.07) is 0.628. The van der Waals surface area contributed by atoms with Gasteiger partial charge in [-0.05, 0) is 58.8 Å². The third-order valence-corrected chi connectivity index (χ3v) is 5.04. The first kappa shape index (κ1) is 15.1. The minimum Gasteiger partial charge on any atom is -0.292 e. The molecule has 0 unspecified atom stereocenters. The van der Waals surface area contributed by atoms with E-state index in [0.29, 0.717) is 12.0 Å². The molecule has 0 amide bonds. The van der Waals surface area contributed by atoms with Gasteiger partial charge in [0.25, 0.3) is 0 Å². The van der Waals surface area contributed by atoms with Gasteiger partial charge in [-0.1, -0.05) is 25.5 Å². The summed E-state index contributed by atoms with van der Waals surface area (Å²) in [5, 5.41) is 2.26. The Morgan fingerprint density at radius 1 is 1.32 bits per heavy atom. The number of nitrogens with zero attached hydrogens (tertiary/aromatic N) is 1. The zero-order valence-corrected chi connectivity index (χ0v) is 13.6. The van der Waals surface area contributed by atoms with Crippen molar-refractivity contribution in [2.45, 2.75) is 72.4 Å². The van der Waals surface area contributed by atoms with Gasteiger partial charge in [0.2, 0.25) is 0 Å². The molecule has 2 fully saturated rings. The molecule has 19 heavy (non-hydrogen) atoms. The fraction of sp³-hybridized carbons (Fsp3) is 0.882. The predicted octanol–water partition coefficient (Wildman–Crippen LogP) is 4.42. The normalized spacial score (nSPS) is 38.0. The van der Waals surface area contributed by atoms with Crippen LogP contribution in [0, 0.1) is 17.8 Å². The standard InChI is InChI=1S/C17H31NO/c1-7-18-16-13(4)10-14(9-8-12(2)3)11-15(16)17(5,6)19-18/h8,13-16H,7,9-11H2,1-6H3/t13-,14-,15-,16-/m1/s1. The Morgan fingerprint density at radius 2 is 2.00 bits per heavy atom. The van der Waals surface area contributed by atoms with Crippen LogP contribution in [0.5, 0.6) is 0 Å². The molecule has 2 aliphatic rings. The van der Waals surface area contributed by atoms with Crippen molar-refractivity contribution >= 4 is 0 Å². The Hall–Kier alpha value is -0.340. The lowest BCUT2D eigenvalue weighted by Gasteiger charge is -2.40. The highest BCUT2D eigenvalue weighted by molar-refractivity contribution is 5.02. The lowest BCUT2D eigenvalue weighted by molar-refractivity contribution is -0.195. The first-order chi connectivity index (χ1) is 8.85. The van der Waals surface area contributed by atoms with Gasteiger partial charge in [0, 0.05) is 18.5 Å². The Kier molecular flexibility index (Phi) is 4.42. The second-order valence-electron chi connectivity index (χ2n) is 7.36. The number of rotatable bonds is 3. The maximum atomic E-state index is 6.21. The smallest absolute Gasteiger partial charge is 0.0887 e. The van der Waals surface area contributed by atoms with Crippen molar-refractivity contribution in [3.8, 4) is 0 Å². The Balaban J connectivity index is 2.11. The van der Waals surface area contributed by atoms with E-state index in [9.17, 15) is 0 Å². The summed E-state index contributed by atoms with van der Waals surface area (Å²) < 4.78 is 0. The van der Waals surface area contributed by atoms with E-state index in [1.807, 2.05) is 0 Å². The second-order valence-corrected chi connectivity index (χ2v) is 7.36. The van der Waals surface area contributed by atoms with E-state index in [1.165, 1.54) is 24.8 Å². The van der Waals surface area contributed by atoms with Crippen LogP contribution >= 0.6 is 0 Å². The van der Waals surface area contributed by atoms with Gasteiger partial charge in [-0.25, -0.2) is 0 Å². The number of fused-ring (bicyclic) bond motifs is 1. The quantitative estimate of drug-likeness (QED) is 0.700. The van der Waals surface area contributed by atoms with Crippen molar-refractivity contribution in [2.75, 3.05) is 6.54 Å². The van der Waals surface area contributed by atoms with Gasteiger partial charge in [0.1, 0.15) is 0 Å². The molecule has 2 heteroatoms. The fourth-order valence-corrected chi connectivity index (χ4v) is 4.14. The molecule has 4 atom stereocenters. The van der Waals surface area contributed by atoms with Crippen molar-refractivity contribution in [1.29, 1.82) is 0 Å². The molecule has 0 radical (unpaired) electrons. The van der Waals surface area contributed by atoms with Gasteiger partial charge >= 0.3 is 0 Å². The van der Waals surface area contributed by atoms with Gasteiger partial charge < -0.3 is 0 Å². The average molecular weight is 265 g/mol. The number of hydrogen-bond acceptors (Lipinski definition) is 2. The molecule has 0 bridgehead atoms. The Morgan fingerprint density at radius 3 is 2.58 bits per heavy atom. The lowest BCUT2D eigenvalue weighted by Crippen LogP contribution is -2.44. The lowest BCUT2D eigenvalue weighted by atomic mass is 9.67. The SMILES string of the molecule is CCN1OC(C)(C)[C@@H]2C[C@H](CC=C(C)C)C[C@@H](C)[C@H]21. The van der Waals surface area contributed by atoms with E-state index in [-0.39, 0.29) is 5.60 Å². The van der Waals surface area contributed by atoms with Crippen LogP contribution in [-0.2, 0) is 4.84 Å². The van der Waals surface area contributed by atoms with Gasteiger partial charge in [-0.15, -0.1) is 0 Å². The summed E-state index contributed by atoms with van der Waals surface area (Å²) >= 11 is 0. The third-order valence-electron chi connectivity index (χ3n) is 5.04. The summed E-state index contributed by atoms with van der Waals surface area (Å²) in [5.74, 6) is 2.27. The minimum absolute atomic E-state index is 0.0125. The van der Waals surface area contributed by atoms with Crippen LogP contribution in [0.2, 0.25) is 0 Å². The van der Waals surface area contributed by atoms with Crippen LogP contribution in [0.4, 0.5) is 0 Å². The minimum atomic E-state index is 0.0125. The molecule has 110 valence electrons. The molecule has 2 rings (SSSR count). The molecule has 1 saturated heterocycles. The second kappa shape index (κ2) is 5.57. The topological polar surface area (TPSA) is 12.5 Å². The zero-order valence-electron chi connectivity index (χ0n) is 13.6. The summed E-state index contributed by atoms with van der Waals surface area (Å²) in [6.07, 6.45) is 6.33. The maximum Gasteiger partial charge on any atom is 0.0887 e. The van der Waals surface area contributed by atoms with E-state index in [0.717, 1.165) is 18.4 Å². The maximum absolute atomic E-state index is 6.21. The third kappa shape index (κ3) is 3.05. The van der Waals surface area contributed by atoms with E-state index >= 15 is 0 Å². The first-order valence-electron chi connectivity index (χ1n) is 7.94. The Labute approximate surface area is 119 Å². The Bertz CT molecular complexity index is 343. The summed E-state index contributed by atoms with van der Waals surface area (Å²) in [4.78, 5) is 6.21. The molecule has 0 N–H and O–H groups in total. The molecule has 2 nitrogen and oxygen atoms in total. The van der Waals surface area contributed by atoms with E-state index in [2.05, 4.69) is 52.7 Å². The number of allylic oxidation sites excluding steroid dienone is 2. The van der Waals surface area contributed by atoms with Crippen LogP contribution < -0.4 is 0 Å². The molecular formula is C17H31NO. The highest BCUT2D eigenvalue weighted by Crippen LogP contribution is 2.49. The molecule has 0 aromatic carbocycles. The van der Waals surface area contributed by atoms with Crippen LogP contribution in [0.1, 0.15) is 60.8 Å². The zero-order chi connectivity index (χ0) is 14.2. The van der Waals surface area contributed by atoms with E-state index in [4.69, 9.17) is 4.84 Å². The highest BCUT2D eigenvalue weighted by atomic mass is 16.7. The molecule has 1 aliphatic heterocycles. The summed E-state index contributed by atoms with van der Waals surface area (Å²) in [6.45, 7) is 14.6. The van der Waals surface area contributed by atoms with Gasteiger partial charge in [0.15, 0.2) is 0 Å². The average Bonchev–Trinajstić information content (AvgIpc) is 2.59. The summed E-state index contributed by atoms with van der Waals surface area (Å²) in [7, 11) is 0. The van der Waals surface area contributed by atoms with Gasteiger partial charge in [0.05, 0.1) is 5.60 Å². The molecule has 0 aromatic heterocycles. The highest BCUT2D eigenvalue weighted by Gasteiger charge is 2.52. The van der Waals surface area contributed by atoms with Crippen molar-refractivity contribution in [2.24, 2.45) is 17.8 Å². The number of hydrogen-bond donors (Lipinski definition) is 0. The molecule has 0 aromatic rings. The van der Waals surface area contributed by atoms with E-state index in [1.54, 1.807) is 0 Å². The van der Waals surface area contributed by atoms with Crippen molar-refractivity contribution < 1.29 is 4.84 Å². The molecule has 1 heterocycles. The number of hydroxylamine groups is 2. The van der Waals surface area contributed by atoms with Crippen LogP contribution in [0.3, 0.4) is 0 Å². The van der Waals surface area contributed by atoms with E-state index < -0.39 is 0 Å². The van der Waals surface area contributed by atoms with Crippen molar-refractivity contribution in [3.63, 3.8) is 0 Å². The van der Waals surface area contributed by atoms with Gasteiger partial charge in [-0.2, -0.15) is 5.06 Å². The molecule has 1 aliphatic carbocycles. The van der Waals surface area contributed by atoms with Crippen LogP contribution in [0.25, 0.3) is 0 Å². The first-order valence-corrected chi connectivity index (χ1v) is 7.94. The largest absolute Gasteiger partial charge is 0.292 e. The van der Waals surface area contributed by atoms with Gasteiger partial charge in [-0.3, -0.25) is 4.84 Å². The molecule has 0 spiro atoms. The van der Waals surface area contributed by atoms with Crippen molar-refractivity contribution in [1.82, 2.24) is 5.06 Å². The fourth-order valence-electron chi connectivity index (χ4n) is 4.14. The predicted molar refractivity (Wildman–Crippen MR) is 80.8 cm³/mol. The summed E-state index contributed by atoms with van der Waals surface area (Å²) in [5.41, 5.74) is 1.46. The van der Waals surface area contributed by atoms with Crippen molar-refractivity contribution in [3.05, 3.63) is 11.6 Å². The monoisotopic (exact) mass is 265 g/mol. The van der Waals surface area contributed by atoms with Crippen LogP contribution in [-0.4, -0.2) is 23.3 Å². The molecule has 1 saturated carbocycles.